The smallest absolute Gasteiger partial charge is 0.490 e. The number of alkyl halides is 3. The highest BCUT2D eigenvalue weighted by molar-refractivity contribution is 6.04. The fourth-order valence-corrected chi connectivity index (χ4v) is 4.61. The molecule has 1 aliphatic heterocycles. The number of carboxylic acids is 2. The van der Waals surface area contributed by atoms with Gasteiger partial charge in [0.2, 0.25) is 0 Å². The Morgan fingerprint density at radius 2 is 1.51 bits per heavy atom. The molecule has 1 amide bonds. The highest BCUT2D eigenvalue weighted by atomic mass is 19.4. The Balaban J connectivity index is 0.000000707. The quantitative estimate of drug-likeness (QED) is 0.204. The van der Waals surface area contributed by atoms with Crippen LogP contribution in [0.1, 0.15) is 52.0 Å². The maximum absolute atomic E-state index is 13.1. The van der Waals surface area contributed by atoms with Crippen molar-refractivity contribution in [3.05, 3.63) is 89.1 Å². The van der Waals surface area contributed by atoms with Crippen LogP contribution in [0.2, 0.25) is 0 Å². The fraction of sp³-hybridized carbons (Fsp3) is 0.267. The normalized spacial score (nSPS) is 17.7. The van der Waals surface area contributed by atoms with Gasteiger partial charge in [-0.3, -0.25) is 14.4 Å². The Kier molecular flexibility index (Phi) is 11.2. The molecule has 2 aromatic carbocycles. The lowest BCUT2D eigenvalue weighted by Crippen LogP contribution is -2.32. The second-order valence-electron chi connectivity index (χ2n) is 9.92. The highest BCUT2D eigenvalue weighted by Gasteiger charge is 2.39. The number of carboxylic acid groups (broad SMARTS) is 2. The summed E-state index contributed by atoms with van der Waals surface area (Å²) in [6.45, 7) is -0.122. The Labute approximate surface area is 253 Å². The summed E-state index contributed by atoms with van der Waals surface area (Å²) in [7, 11) is 0. The molecule has 0 spiro atoms. The number of nitrogens with one attached hydrogen (secondary N) is 2. The van der Waals surface area contributed by atoms with Crippen molar-refractivity contribution in [2.45, 2.75) is 38.5 Å². The molecule has 15 heteroatoms. The van der Waals surface area contributed by atoms with Gasteiger partial charge in [-0.05, 0) is 67.0 Å². The number of aliphatic carboxylic acids is 2. The van der Waals surface area contributed by atoms with Crippen LogP contribution in [0.5, 0.6) is 17.2 Å². The SMILES string of the molecule is O=C(NC1=CNC=CC=C1OCc1cc(O)c(C(=O)[C@@H]2CCCC[C@@H]2C(=O)O)c(O)c1)c1ccc(O)cc1.O=C(O)C(F)(F)F. The van der Waals surface area contributed by atoms with E-state index in [1.54, 1.807) is 18.4 Å². The zero-order chi connectivity index (χ0) is 33.3. The molecule has 12 nitrogen and oxygen atoms in total. The van der Waals surface area contributed by atoms with Crippen LogP contribution in [0.4, 0.5) is 13.2 Å². The van der Waals surface area contributed by atoms with Gasteiger partial charge in [-0.2, -0.15) is 13.2 Å². The molecule has 0 bridgehead atoms. The first-order chi connectivity index (χ1) is 21.2. The number of ketones is 1. The summed E-state index contributed by atoms with van der Waals surface area (Å²) in [5.41, 5.74) is 0.680. The van der Waals surface area contributed by atoms with Crippen molar-refractivity contribution in [1.82, 2.24) is 10.6 Å². The number of phenols is 3. The van der Waals surface area contributed by atoms with Crippen LogP contribution < -0.4 is 10.6 Å². The van der Waals surface area contributed by atoms with Gasteiger partial charge < -0.3 is 40.9 Å². The van der Waals surface area contributed by atoms with E-state index in [0.717, 1.165) is 0 Å². The number of halogens is 3. The first kappa shape index (κ1) is 34.0. The minimum atomic E-state index is -5.08. The van der Waals surface area contributed by atoms with Crippen molar-refractivity contribution in [2.24, 2.45) is 11.8 Å². The lowest BCUT2D eigenvalue weighted by atomic mass is 9.75. The lowest BCUT2D eigenvalue weighted by molar-refractivity contribution is -0.192. The third kappa shape index (κ3) is 9.26. The molecule has 2 aromatic rings. The molecule has 0 saturated heterocycles. The average Bonchev–Trinajstić information content (AvgIpc) is 3.20. The summed E-state index contributed by atoms with van der Waals surface area (Å²) < 4.78 is 37.6. The van der Waals surface area contributed by atoms with E-state index in [0.29, 0.717) is 42.5 Å². The van der Waals surface area contributed by atoms with E-state index in [1.807, 2.05) is 0 Å². The minimum absolute atomic E-state index is 0.0321. The van der Waals surface area contributed by atoms with E-state index in [4.69, 9.17) is 14.6 Å². The van der Waals surface area contributed by atoms with E-state index in [9.17, 15) is 48.0 Å². The van der Waals surface area contributed by atoms with Crippen molar-refractivity contribution in [1.29, 1.82) is 0 Å². The number of benzene rings is 2. The topological polar surface area (TPSA) is 203 Å². The van der Waals surface area contributed by atoms with Crippen LogP contribution >= 0.6 is 0 Å². The number of allylic oxidation sites excluding steroid dienone is 2. The predicted octanol–water partition coefficient (Wildman–Crippen LogP) is 4.30. The Hall–Kier alpha value is -5.47. The molecule has 2 atom stereocenters. The van der Waals surface area contributed by atoms with Crippen molar-refractivity contribution < 1.29 is 62.6 Å². The van der Waals surface area contributed by atoms with Crippen LogP contribution in [0, 0.1) is 11.8 Å². The minimum Gasteiger partial charge on any atom is -0.508 e. The summed E-state index contributed by atoms with van der Waals surface area (Å²) >= 11 is 0. The molecule has 45 heavy (non-hydrogen) atoms. The Bertz CT molecular complexity index is 1510. The van der Waals surface area contributed by atoms with Crippen LogP contribution in [0.25, 0.3) is 0 Å². The molecule has 0 aromatic heterocycles. The maximum Gasteiger partial charge on any atom is 0.490 e. The summed E-state index contributed by atoms with van der Waals surface area (Å²) in [5.74, 6) is -7.13. The van der Waals surface area contributed by atoms with Crippen molar-refractivity contribution >= 4 is 23.6 Å². The number of Topliss-reactive ketones (excluding diaryl/α,β-unsaturated/α-hetero) is 1. The first-order valence-corrected chi connectivity index (χ1v) is 13.4. The van der Waals surface area contributed by atoms with Gasteiger partial charge in [0.15, 0.2) is 5.78 Å². The zero-order valence-corrected chi connectivity index (χ0v) is 23.4. The lowest BCUT2D eigenvalue weighted by Gasteiger charge is -2.27. The fourth-order valence-electron chi connectivity index (χ4n) is 4.61. The number of amides is 1. The monoisotopic (exact) mass is 634 g/mol. The van der Waals surface area contributed by atoms with Gasteiger partial charge in [-0.15, -0.1) is 0 Å². The van der Waals surface area contributed by atoms with Crippen molar-refractivity contribution in [2.75, 3.05) is 0 Å². The second-order valence-corrected chi connectivity index (χ2v) is 9.92. The van der Waals surface area contributed by atoms with E-state index in [1.165, 1.54) is 42.6 Å². The summed E-state index contributed by atoms with van der Waals surface area (Å²) in [4.78, 5) is 46.3. The predicted molar refractivity (Wildman–Crippen MR) is 150 cm³/mol. The second kappa shape index (κ2) is 14.8. The first-order valence-electron chi connectivity index (χ1n) is 13.4. The summed E-state index contributed by atoms with van der Waals surface area (Å²) in [5, 5.41) is 52.9. The molecule has 240 valence electrons. The molecule has 1 aliphatic carbocycles. The van der Waals surface area contributed by atoms with Crippen LogP contribution in [0.3, 0.4) is 0 Å². The number of phenolic OH excluding ortho intramolecular Hbond substituents is 3. The van der Waals surface area contributed by atoms with E-state index in [-0.39, 0.29) is 23.7 Å². The molecule has 7 N–H and O–H groups in total. The molecule has 1 saturated carbocycles. The number of ether oxygens (including phenoxy) is 1. The largest absolute Gasteiger partial charge is 0.508 e. The molecule has 1 heterocycles. The van der Waals surface area contributed by atoms with Crippen LogP contribution in [0.15, 0.2) is 72.4 Å². The zero-order valence-electron chi connectivity index (χ0n) is 23.4. The molecule has 0 radical (unpaired) electrons. The van der Waals surface area contributed by atoms with E-state index in [2.05, 4.69) is 10.6 Å². The Morgan fingerprint density at radius 1 is 0.933 bits per heavy atom. The van der Waals surface area contributed by atoms with Crippen molar-refractivity contribution in [3.8, 4) is 17.2 Å². The summed E-state index contributed by atoms with van der Waals surface area (Å²) in [6.07, 6.45) is 3.48. The Morgan fingerprint density at radius 3 is 2.07 bits per heavy atom. The van der Waals surface area contributed by atoms with Crippen LogP contribution in [-0.4, -0.2) is 55.3 Å². The standard InChI is InChI=1S/C28H28N2O8.C2HF3O2/c31-18-9-7-17(8-10-18)27(35)30-21-14-29-11-3-6-24(21)38-15-16-12-22(32)25(23(33)13-16)26(34)19-4-1-2-5-20(19)28(36)37;3-2(4,5)1(6)7/h3,6-14,19-20,29,31-33H,1-2,4-5,15H2,(H,30,35)(H,36,37);(H,6,7)/t19-,20+;/m1./s1. The molecular weight excluding hydrogens is 605 g/mol. The van der Waals surface area contributed by atoms with Crippen molar-refractivity contribution in [3.63, 3.8) is 0 Å². The third-order valence-corrected chi connectivity index (χ3v) is 6.77. The van der Waals surface area contributed by atoms with Gasteiger partial charge in [0.25, 0.3) is 5.91 Å². The number of carbonyl (C=O) groups excluding carboxylic acids is 2. The number of rotatable bonds is 8. The molecule has 1 fully saturated rings. The van der Waals surface area contributed by atoms with E-state index >= 15 is 0 Å². The average molecular weight is 635 g/mol. The van der Waals surface area contributed by atoms with Gasteiger partial charge in [-0.25, -0.2) is 4.79 Å². The van der Waals surface area contributed by atoms with Gasteiger partial charge in [-0.1, -0.05) is 12.8 Å². The van der Waals surface area contributed by atoms with E-state index < -0.39 is 53.1 Å². The number of carbonyl (C=O) groups is 4. The third-order valence-electron chi connectivity index (χ3n) is 6.77. The molecule has 4 rings (SSSR count). The van der Waals surface area contributed by atoms with Gasteiger partial charge in [0, 0.05) is 23.9 Å². The molecular formula is C30H29F3N2O10. The number of aromatic hydroxyl groups is 3. The summed E-state index contributed by atoms with van der Waals surface area (Å²) in [6, 6.07) is 8.31. The van der Waals surface area contributed by atoms with Gasteiger partial charge >= 0.3 is 18.1 Å². The molecule has 0 unspecified atom stereocenters. The van der Waals surface area contributed by atoms with Gasteiger partial charge in [0.1, 0.15) is 35.2 Å². The number of hydrogen-bond acceptors (Lipinski definition) is 9. The number of hydrogen-bond donors (Lipinski definition) is 7. The maximum atomic E-state index is 13.1. The highest BCUT2D eigenvalue weighted by Crippen LogP contribution is 2.38. The van der Waals surface area contributed by atoms with Gasteiger partial charge in [0.05, 0.1) is 11.6 Å². The molecule has 2 aliphatic rings. The van der Waals surface area contributed by atoms with Crippen LogP contribution in [-0.2, 0) is 20.9 Å².